The predicted molar refractivity (Wildman–Crippen MR) is 143 cm³/mol. The van der Waals surface area contributed by atoms with E-state index in [9.17, 15) is 14.4 Å². The van der Waals surface area contributed by atoms with Crippen molar-refractivity contribution in [3.05, 3.63) is 82.3 Å². The van der Waals surface area contributed by atoms with Crippen molar-refractivity contribution in [3.63, 3.8) is 0 Å². The van der Waals surface area contributed by atoms with Crippen LogP contribution >= 0.6 is 11.6 Å². The molecular formula is C28H30ClN3O6. The summed E-state index contributed by atoms with van der Waals surface area (Å²) < 4.78 is 10.4. The van der Waals surface area contributed by atoms with Gasteiger partial charge in [0.05, 0.1) is 13.7 Å². The lowest BCUT2D eigenvalue weighted by Gasteiger charge is -2.27. The number of ether oxygens (including phenoxy) is 2. The van der Waals surface area contributed by atoms with Gasteiger partial charge in [-0.25, -0.2) is 15.1 Å². The average molecular weight is 540 g/mol. The Hall–Kier alpha value is -3.66. The number of cyclic esters (lactones) is 2. The third-order valence-corrected chi connectivity index (χ3v) is 6.54. The number of para-hydroxylation sites is 1. The molecule has 0 atom stereocenters. The van der Waals surface area contributed by atoms with Gasteiger partial charge < -0.3 is 14.4 Å². The molecule has 0 radical (unpaired) electrons. The van der Waals surface area contributed by atoms with Crippen molar-refractivity contribution in [2.24, 2.45) is 0 Å². The van der Waals surface area contributed by atoms with Gasteiger partial charge in [-0.15, -0.1) is 0 Å². The van der Waals surface area contributed by atoms with E-state index in [4.69, 9.17) is 21.1 Å². The van der Waals surface area contributed by atoms with E-state index in [0.717, 1.165) is 50.1 Å². The summed E-state index contributed by atoms with van der Waals surface area (Å²) in [6, 6.07) is 14.5. The average Bonchev–Trinajstić information content (AvgIpc) is 3.04. The Balaban J connectivity index is 1.43. The van der Waals surface area contributed by atoms with Crippen molar-refractivity contribution in [1.82, 2.24) is 10.4 Å². The van der Waals surface area contributed by atoms with Gasteiger partial charge >= 0.3 is 17.8 Å². The summed E-state index contributed by atoms with van der Waals surface area (Å²) in [6.07, 6.45) is 5.47. The number of aryl methyl sites for hydroxylation is 2. The molecule has 0 saturated carbocycles. The molecule has 0 saturated heterocycles. The van der Waals surface area contributed by atoms with E-state index in [1.54, 1.807) is 0 Å². The van der Waals surface area contributed by atoms with Crippen LogP contribution in [0.5, 0.6) is 0 Å². The molecule has 1 amide bonds. The molecule has 0 fully saturated rings. The quantitative estimate of drug-likeness (QED) is 0.292. The van der Waals surface area contributed by atoms with Crippen molar-refractivity contribution in [3.8, 4) is 0 Å². The maximum atomic E-state index is 12.4. The molecule has 200 valence electrons. The van der Waals surface area contributed by atoms with Crippen molar-refractivity contribution in [2.45, 2.75) is 25.7 Å². The van der Waals surface area contributed by atoms with Crippen LogP contribution in [0.25, 0.3) is 0 Å². The van der Waals surface area contributed by atoms with E-state index in [1.165, 1.54) is 23.9 Å². The highest BCUT2D eigenvalue weighted by atomic mass is 35.5. The van der Waals surface area contributed by atoms with Gasteiger partial charge in [0.15, 0.2) is 5.76 Å². The summed E-state index contributed by atoms with van der Waals surface area (Å²) >= 11 is 6.37. The molecule has 4 rings (SSSR count). The first kappa shape index (κ1) is 27.4. The fourth-order valence-electron chi connectivity index (χ4n) is 4.55. The summed E-state index contributed by atoms with van der Waals surface area (Å²) in [6.45, 7) is 1.51. The molecular weight excluding hydrogens is 510 g/mol. The van der Waals surface area contributed by atoms with E-state index < -0.39 is 23.6 Å². The van der Waals surface area contributed by atoms with Crippen LogP contribution in [-0.2, 0) is 41.5 Å². The van der Waals surface area contributed by atoms with Crippen molar-refractivity contribution >= 4 is 40.8 Å². The Labute approximate surface area is 226 Å². The maximum Gasteiger partial charge on any atom is 0.336 e. The smallest absolute Gasteiger partial charge is 0.336 e. The Bertz CT molecular complexity index is 1270. The molecule has 0 unspecified atom stereocenters. The number of halogens is 1. The fraction of sp³-hybridized carbons (Fsp3) is 0.321. The topological polar surface area (TPSA) is 97.4 Å². The number of nitrogens with zero attached hydrogens (tertiary/aromatic N) is 2. The number of rotatable bonds is 9. The van der Waals surface area contributed by atoms with Crippen LogP contribution in [0.2, 0.25) is 5.02 Å². The number of carbonyl (C=O) groups excluding carboxylic acids is 3. The van der Waals surface area contributed by atoms with Crippen molar-refractivity contribution < 1.29 is 28.7 Å². The normalized spacial score (nSPS) is 17.9. The van der Waals surface area contributed by atoms with Gasteiger partial charge in [0.1, 0.15) is 0 Å². The zero-order valence-electron chi connectivity index (χ0n) is 21.4. The van der Waals surface area contributed by atoms with Gasteiger partial charge in [-0.05, 0) is 68.6 Å². The van der Waals surface area contributed by atoms with Crippen LogP contribution in [0.4, 0.5) is 11.4 Å². The third-order valence-electron chi connectivity index (χ3n) is 6.31. The number of carbonyl (C=O) groups is 3. The Morgan fingerprint density at radius 1 is 1.03 bits per heavy atom. The fourth-order valence-corrected chi connectivity index (χ4v) is 4.71. The number of hydrogen-bond acceptors (Lipinski definition) is 8. The SMILES string of the molecule is CONC(=O)/C1=C(/CN(C)CCCCN2c3ccccc3CCc3ccc(Cl)cc32)OC(=O)/C=C\C(=O)O1. The second-order valence-electron chi connectivity index (χ2n) is 9.06. The third kappa shape index (κ3) is 6.80. The molecule has 38 heavy (non-hydrogen) atoms. The summed E-state index contributed by atoms with van der Waals surface area (Å²) in [4.78, 5) is 45.2. The number of unbranched alkanes of at least 4 members (excludes halogenated alkanes) is 1. The largest absolute Gasteiger partial charge is 0.422 e. The van der Waals surface area contributed by atoms with Crippen LogP contribution in [-0.4, -0.2) is 56.5 Å². The Morgan fingerprint density at radius 2 is 1.74 bits per heavy atom. The molecule has 1 N–H and O–H groups in total. The summed E-state index contributed by atoms with van der Waals surface area (Å²) in [7, 11) is 3.08. The molecule has 2 aromatic rings. The van der Waals surface area contributed by atoms with Gasteiger partial charge in [-0.3, -0.25) is 14.5 Å². The lowest BCUT2D eigenvalue weighted by atomic mass is 10.0. The van der Waals surface area contributed by atoms with Crippen LogP contribution in [0.3, 0.4) is 0 Å². The highest BCUT2D eigenvalue weighted by molar-refractivity contribution is 6.30. The van der Waals surface area contributed by atoms with Crippen LogP contribution in [0.1, 0.15) is 24.0 Å². The predicted octanol–water partition coefficient (Wildman–Crippen LogP) is 3.83. The lowest BCUT2D eigenvalue weighted by molar-refractivity contribution is -0.145. The van der Waals surface area contributed by atoms with Gasteiger partial charge in [0.2, 0.25) is 5.76 Å². The number of amides is 1. The number of fused-ring (bicyclic) bond motifs is 2. The summed E-state index contributed by atoms with van der Waals surface area (Å²) in [5.74, 6) is -2.96. The highest BCUT2D eigenvalue weighted by Crippen LogP contribution is 2.37. The molecule has 0 bridgehead atoms. The second-order valence-corrected chi connectivity index (χ2v) is 9.50. The second kappa shape index (κ2) is 12.7. The number of benzene rings is 2. The monoisotopic (exact) mass is 539 g/mol. The summed E-state index contributed by atoms with van der Waals surface area (Å²) in [5.41, 5.74) is 6.99. The number of esters is 2. The first-order chi connectivity index (χ1) is 18.4. The molecule has 10 heteroatoms. The summed E-state index contributed by atoms with van der Waals surface area (Å²) in [5, 5.41) is 0.707. The number of nitrogens with one attached hydrogen (secondary N) is 1. The zero-order chi connectivity index (χ0) is 27.1. The minimum absolute atomic E-state index is 0.0737. The molecule has 2 aliphatic rings. The zero-order valence-corrected chi connectivity index (χ0v) is 22.1. The standard InChI is InChI=1S/C28H30ClN3O6/c1-31(18-24-27(28(35)30-36-2)38-26(34)14-13-25(33)37-24)15-5-6-16-32-22-8-4-3-7-19(22)9-10-20-11-12-21(29)17-23(20)32/h3-4,7-8,11-14,17H,5-6,9-10,15-16,18H2,1-2H3,(H,30,35)/b14-13-,27-24+. The van der Waals surface area contributed by atoms with Crippen LogP contribution < -0.4 is 10.4 Å². The van der Waals surface area contributed by atoms with E-state index >= 15 is 0 Å². The van der Waals surface area contributed by atoms with Gasteiger partial charge in [0, 0.05) is 35.1 Å². The molecule has 2 heterocycles. The molecule has 2 aliphatic heterocycles. The van der Waals surface area contributed by atoms with Crippen molar-refractivity contribution in [2.75, 3.05) is 38.7 Å². The minimum atomic E-state index is -0.860. The number of anilines is 2. The first-order valence-electron chi connectivity index (χ1n) is 12.4. The van der Waals surface area contributed by atoms with Crippen LogP contribution in [0.15, 0.2) is 66.1 Å². The number of likely N-dealkylation sites (N-methyl/N-ethyl adjacent to an activating group) is 1. The van der Waals surface area contributed by atoms with Gasteiger partial charge in [0.25, 0.3) is 0 Å². The minimum Gasteiger partial charge on any atom is -0.422 e. The molecule has 0 aliphatic carbocycles. The van der Waals surface area contributed by atoms with Crippen LogP contribution in [0, 0.1) is 0 Å². The molecule has 0 aromatic heterocycles. The highest BCUT2D eigenvalue weighted by Gasteiger charge is 2.26. The Kier molecular flexibility index (Phi) is 9.17. The van der Waals surface area contributed by atoms with E-state index in [0.29, 0.717) is 11.6 Å². The van der Waals surface area contributed by atoms with Gasteiger partial charge in [-0.1, -0.05) is 35.9 Å². The van der Waals surface area contributed by atoms with Crippen molar-refractivity contribution in [1.29, 1.82) is 0 Å². The van der Waals surface area contributed by atoms with E-state index in [1.807, 2.05) is 24.1 Å². The lowest BCUT2D eigenvalue weighted by Crippen LogP contribution is -2.32. The van der Waals surface area contributed by atoms with Gasteiger partial charge in [-0.2, -0.15) is 0 Å². The molecule has 2 aromatic carbocycles. The molecule has 0 spiro atoms. The maximum absolute atomic E-state index is 12.4. The number of hydrogen-bond donors (Lipinski definition) is 1. The first-order valence-corrected chi connectivity index (χ1v) is 12.7. The molecule has 9 nitrogen and oxygen atoms in total. The Morgan fingerprint density at radius 3 is 2.50 bits per heavy atom. The number of hydroxylamine groups is 1. The van der Waals surface area contributed by atoms with E-state index in [-0.39, 0.29) is 12.3 Å². The van der Waals surface area contributed by atoms with E-state index in [2.05, 4.69) is 45.5 Å².